The molecule has 1 unspecified atom stereocenters. The molecule has 19 heavy (non-hydrogen) atoms. The predicted octanol–water partition coefficient (Wildman–Crippen LogP) is 0.758. The maximum atomic E-state index is 12.0. The highest BCUT2D eigenvalue weighted by Gasteiger charge is 2.30. The van der Waals surface area contributed by atoms with Crippen LogP contribution in [0.3, 0.4) is 0 Å². The van der Waals surface area contributed by atoms with Crippen molar-refractivity contribution in [3.8, 4) is 0 Å². The molecule has 0 aromatic rings. The van der Waals surface area contributed by atoms with Crippen LogP contribution in [-0.2, 0) is 14.4 Å². The van der Waals surface area contributed by atoms with Gasteiger partial charge in [0.05, 0.1) is 6.42 Å². The zero-order valence-corrected chi connectivity index (χ0v) is 11.4. The largest absolute Gasteiger partial charge is 0.481 e. The summed E-state index contributed by atoms with van der Waals surface area (Å²) >= 11 is 0. The average molecular weight is 270 g/mol. The minimum Gasteiger partial charge on any atom is -0.481 e. The average Bonchev–Trinajstić information content (AvgIpc) is 2.80. The fourth-order valence-electron chi connectivity index (χ4n) is 2.29. The van der Waals surface area contributed by atoms with Crippen LogP contribution in [0.2, 0.25) is 0 Å². The quantitative estimate of drug-likeness (QED) is 0.715. The number of aliphatic carboxylic acids is 1. The third-order valence-electron chi connectivity index (χ3n) is 3.25. The molecule has 1 aliphatic heterocycles. The second kappa shape index (κ2) is 7.76. The molecule has 0 radical (unpaired) electrons. The molecule has 108 valence electrons. The van der Waals surface area contributed by atoms with E-state index in [1.165, 1.54) is 0 Å². The number of carbonyl (C=O) groups excluding carboxylic acids is 2. The summed E-state index contributed by atoms with van der Waals surface area (Å²) in [7, 11) is 0. The Bertz CT molecular complexity index is 344. The number of rotatable bonds is 7. The first-order valence-corrected chi connectivity index (χ1v) is 6.82. The van der Waals surface area contributed by atoms with Crippen molar-refractivity contribution in [1.82, 2.24) is 10.2 Å². The van der Waals surface area contributed by atoms with Crippen LogP contribution in [0.25, 0.3) is 0 Å². The first-order valence-electron chi connectivity index (χ1n) is 6.82. The van der Waals surface area contributed by atoms with E-state index in [0.717, 1.165) is 19.3 Å². The van der Waals surface area contributed by atoms with E-state index in [4.69, 9.17) is 5.11 Å². The van der Waals surface area contributed by atoms with Crippen molar-refractivity contribution in [3.63, 3.8) is 0 Å². The van der Waals surface area contributed by atoms with Gasteiger partial charge in [-0.05, 0) is 19.3 Å². The summed E-state index contributed by atoms with van der Waals surface area (Å²) < 4.78 is 0. The van der Waals surface area contributed by atoms with Crippen LogP contribution in [0, 0.1) is 0 Å². The number of likely N-dealkylation sites (tertiary alicyclic amines) is 1. The number of carboxylic acid groups (broad SMARTS) is 1. The Balaban J connectivity index is 2.35. The lowest BCUT2D eigenvalue weighted by Gasteiger charge is -2.23. The summed E-state index contributed by atoms with van der Waals surface area (Å²) in [4.78, 5) is 35.7. The zero-order valence-electron chi connectivity index (χ0n) is 11.4. The van der Waals surface area contributed by atoms with E-state index in [2.05, 4.69) is 5.32 Å². The molecule has 0 spiro atoms. The van der Waals surface area contributed by atoms with E-state index < -0.39 is 5.97 Å². The van der Waals surface area contributed by atoms with E-state index in [-0.39, 0.29) is 37.1 Å². The predicted molar refractivity (Wildman–Crippen MR) is 69.5 cm³/mol. The number of amides is 2. The van der Waals surface area contributed by atoms with Crippen LogP contribution in [0.15, 0.2) is 0 Å². The maximum absolute atomic E-state index is 12.0. The summed E-state index contributed by atoms with van der Waals surface area (Å²) in [5.74, 6) is -1.12. The van der Waals surface area contributed by atoms with Crippen LogP contribution < -0.4 is 5.32 Å². The fourth-order valence-corrected chi connectivity index (χ4v) is 2.29. The SMILES string of the molecule is CCCNC(=O)CCC(=O)N1CCCC1CC(=O)O. The van der Waals surface area contributed by atoms with Crippen LogP contribution in [0.4, 0.5) is 0 Å². The minimum atomic E-state index is -0.884. The first-order chi connectivity index (χ1) is 9.04. The van der Waals surface area contributed by atoms with E-state index in [0.29, 0.717) is 13.1 Å². The first kappa shape index (κ1) is 15.5. The van der Waals surface area contributed by atoms with Crippen molar-refractivity contribution in [3.05, 3.63) is 0 Å². The van der Waals surface area contributed by atoms with Crippen molar-refractivity contribution >= 4 is 17.8 Å². The normalized spacial score (nSPS) is 18.4. The van der Waals surface area contributed by atoms with E-state index >= 15 is 0 Å². The second-order valence-electron chi connectivity index (χ2n) is 4.83. The molecule has 0 aromatic heterocycles. The van der Waals surface area contributed by atoms with Gasteiger partial charge >= 0.3 is 5.97 Å². The van der Waals surface area contributed by atoms with Gasteiger partial charge in [0.1, 0.15) is 0 Å². The molecule has 6 heteroatoms. The Morgan fingerprint density at radius 2 is 2.05 bits per heavy atom. The van der Waals surface area contributed by atoms with Gasteiger partial charge in [-0.15, -0.1) is 0 Å². The van der Waals surface area contributed by atoms with Gasteiger partial charge in [-0.25, -0.2) is 0 Å². The highest BCUT2D eigenvalue weighted by Crippen LogP contribution is 2.21. The molecule has 2 amide bonds. The Morgan fingerprint density at radius 1 is 1.32 bits per heavy atom. The molecule has 1 saturated heterocycles. The van der Waals surface area contributed by atoms with Gasteiger partial charge in [-0.2, -0.15) is 0 Å². The lowest BCUT2D eigenvalue weighted by atomic mass is 10.1. The van der Waals surface area contributed by atoms with Crippen molar-refractivity contribution < 1.29 is 19.5 Å². The molecule has 1 aliphatic rings. The molecule has 2 N–H and O–H groups in total. The van der Waals surface area contributed by atoms with Gasteiger partial charge in [0, 0.05) is 32.0 Å². The molecule has 0 saturated carbocycles. The highest BCUT2D eigenvalue weighted by molar-refractivity contribution is 5.84. The summed E-state index contributed by atoms with van der Waals surface area (Å²) in [6, 6.07) is -0.205. The molecule has 6 nitrogen and oxygen atoms in total. The van der Waals surface area contributed by atoms with Crippen molar-refractivity contribution in [1.29, 1.82) is 0 Å². The van der Waals surface area contributed by atoms with Gasteiger partial charge in [0.2, 0.25) is 11.8 Å². The topological polar surface area (TPSA) is 86.7 Å². The minimum absolute atomic E-state index is 0.00618. The fraction of sp³-hybridized carbons (Fsp3) is 0.769. The third-order valence-corrected chi connectivity index (χ3v) is 3.25. The monoisotopic (exact) mass is 270 g/mol. The zero-order chi connectivity index (χ0) is 14.3. The number of hydrogen-bond donors (Lipinski definition) is 2. The number of carboxylic acids is 1. The van der Waals surface area contributed by atoms with Gasteiger partial charge in [0.25, 0.3) is 0 Å². The molecule has 1 rings (SSSR count). The number of hydrogen-bond acceptors (Lipinski definition) is 3. The number of nitrogens with one attached hydrogen (secondary N) is 1. The Morgan fingerprint density at radius 3 is 2.68 bits per heavy atom. The maximum Gasteiger partial charge on any atom is 0.305 e. The third kappa shape index (κ3) is 5.28. The molecule has 0 bridgehead atoms. The van der Waals surface area contributed by atoms with Gasteiger partial charge in [0.15, 0.2) is 0 Å². The summed E-state index contributed by atoms with van der Waals surface area (Å²) in [5, 5.41) is 11.5. The van der Waals surface area contributed by atoms with E-state index in [9.17, 15) is 14.4 Å². The molecular weight excluding hydrogens is 248 g/mol. The Labute approximate surface area is 113 Å². The lowest BCUT2D eigenvalue weighted by Crippen LogP contribution is -2.37. The smallest absolute Gasteiger partial charge is 0.305 e. The molecule has 1 atom stereocenters. The second-order valence-corrected chi connectivity index (χ2v) is 4.83. The lowest BCUT2D eigenvalue weighted by molar-refractivity contribution is -0.140. The van der Waals surface area contributed by atoms with Gasteiger partial charge in [-0.1, -0.05) is 6.92 Å². The van der Waals surface area contributed by atoms with Crippen LogP contribution in [0.5, 0.6) is 0 Å². The summed E-state index contributed by atoms with van der Waals surface area (Å²) in [6.45, 7) is 3.19. The van der Waals surface area contributed by atoms with Gasteiger partial charge < -0.3 is 15.3 Å². The van der Waals surface area contributed by atoms with Crippen LogP contribution >= 0.6 is 0 Å². The van der Waals surface area contributed by atoms with Crippen molar-refractivity contribution in [2.45, 2.75) is 51.5 Å². The van der Waals surface area contributed by atoms with E-state index in [1.807, 2.05) is 6.92 Å². The van der Waals surface area contributed by atoms with Crippen molar-refractivity contribution in [2.75, 3.05) is 13.1 Å². The molecule has 1 fully saturated rings. The summed E-state index contributed by atoms with van der Waals surface area (Å²) in [6.07, 6.45) is 2.77. The van der Waals surface area contributed by atoms with Crippen LogP contribution in [0.1, 0.15) is 45.4 Å². The Kier molecular flexibility index (Phi) is 6.32. The molecule has 0 aromatic carbocycles. The molecule has 1 heterocycles. The standard InChI is InChI=1S/C13H22N2O4/c1-2-7-14-11(16)5-6-12(17)15-8-3-4-10(15)9-13(18)19/h10H,2-9H2,1H3,(H,14,16)(H,18,19). The highest BCUT2D eigenvalue weighted by atomic mass is 16.4. The molecular formula is C13H22N2O4. The van der Waals surface area contributed by atoms with E-state index in [1.54, 1.807) is 4.90 Å². The molecule has 0 aliphatic carbocycles. The van der Waals surface area contributed by atoms with Crippen LogP contribution in [-0.4, -0.2) is 46.9 Å². The summed E-state index contributed by atoms with van der Waals surface area (Å²) in [5.41, 5.74) is 0. The van der Waals surface area contributed by atoms with Crippen molar-refractivity contribution in [2.24, 2.45) is 0 Å². The number of nitrogens with zero attached hydrogens (tertiary/aromatic N) is 1. The number of carbonyl (C=O) groups is 3. The Hall–Kier alpha value is -1.59. The van der Waals surface area contributed by atoms with Gasteiger partial charge in [-0.3, -0.25) is 14.4 Å².